The van der Waals surface area contributed by atoms with Crippen LogP contribution in [0.3, 0.4) is 0 Å². The van der Waals surface area contributed by atoms with Gasteiger partial charge in [0, 0.05) is 22.8 Å². The summed E-state index contributed by atoms with van der Waals surface area (Å²) in [6.45, 7) is 2.55. The van der Waals surface area contributed by atoms with Gasteiger partial charge in [-0.3, -0.25) is 4.99 Å². The molecule has 2 aliphatic rings. The first-order chi connectivity index (χ1) is 19.5. The zero-order valence-electron chi connectivity index (χ0n) is 22.4. The molecule has 0 bridgehead atoms. The summed E-state index contributed by atoms with van der Waals surface area (Å²) in [4.78, 5) is 4.73. The molecule has 4 aromatic rings. The average molecular weight is 614 g/mol. The Kier molecular flexibility index (Phi) is 7.68. The summed E-state index contributed by atoms with van der Waals surface area (Å²) in [5.74, 6) is 2.25. The van der Waals surface area contributed by atoms with Crippen molar-refractivity contribution in [3.8, 4) is 11.5 Å². The first kappa shape index (κ1) is 26.7. The number of halogens is 2. The Morgan fingerprint density at radius 2 is 1.90 bits per heavy atom. The number of rotatable bonds is 7. The summed E-state index contributed by atoms with van der Waals surface area (Å²) in [6.07, 6.45) is 7.65. The van der Waals surface area contributed by atoms with Crippen molar-refractivity contribution < 1.29 is 9.47 Å². The predicted octanol–water partition coefficient (Wildman–Crippen LogP) is 9.58. The topological polar surface area (TPSA) is 42.8 Å². The number of allylic oxidation sites excluding steroid dienone is 2. The number of nitrogens with one attached hydrogen (secondary N) is 1. The van der Waals surface area contributed by atoms with E-state index in [9.17, 15) is 0 Å². The third kappa shape index (κ3) is 5.54. The van der Waals surface area contributed by atoms with E-state index in [1.807, 2.05) is 42.6 Å². The summed E-state index contributed by atoms with van der Waals surface area (Å²) in [5, 5.41) is 4.50. The molecule has 1 heterocycles. The van der Waals surface area contributed by atoms with Gasteiger partial charge in [-0.15, -0.1) is 0 Å². The van der Waals surface area contributed by atoms with E-state index in [2.05, 4.69) is 82.8 Å². The van der Waals surface area contributed by atoms with Gasteiger partial charge in [0.15, 0.2) is 11.5 Å². The summed E-state index contributed by atoms with van der Waals surface area (Å²) < 4.78 is 12.5. The first-order valence-electron chi connectivity index (χ1n) is 13.4. The van der Waals surface area contributed by atoms with Gasteiger partial charge >= 0.3 is 0 Å². The number of hydrogen-bond acceptors (Lipinski definition) is 4. The zero-order valence-corrected chi connectivity index (χ0v) is 24.7. The average Bonchev–Trinajstić information content (AvgIpc) is 3.46. The highest BCUT2D eigenvalue weighted by Gasteiger charge is 2.37. The maximum absolute atomic E-state index is 6.11. The van der Waals surface area contributed by atoms with Crippen molar-refractivity contribution in [3.05, 3.63) is 128 Å². The lowest BCUT2D eigenvalue weighted by Gasteiger charge is -2.37. The lowest BCUT2D eigenvalue weighted by atomic mass is 9.76. The zero-order chi connectivity index (χ0) is 27.6. The molecule has 1 aliphatic heterocycles. The summed E-state index contributed by atoms with van der Waals surface area (Å²) in [7, 11) is 1.64. The lowest BCUT2D eigenvalue weighted by Crippen LogP contribution is -2.29. The number of hydrogen-bond donors (Lipinski definition) is 1. The van der Waals surface area contributed by atoms with Crippen LogP contribution in [-0.4, -0.2) is 13.3 Å². The Morgan fingerprint density at radius 1 is 1.05 bits per heavy atom. The normalized spacial score (nSPS) is 19.2. The minimum Gasteiger partial charge on any atom is -0.493 e. The largest absolute Gasteiger partial charge is 0.493 e. The maximum atomic E-state index is 6.11. The molecule has 1 N–H and O–H groups in total. The van der Waals surface area contributed by atoms with Crippen LogP contribution >= 0.6 is 27.5 Å². The fourth-order valence-corrected chi connectivity index (χ4v) is 6.48. The summed E-state index contributed by atoms with van der Waals surface area (Å²) in [6, 6.07) is 27.1. The molecule has 1 aliphatic carbocycles. The number of fused-ring (bicyclic) bond motifs is 3. The van der Waals surface area contributed by atoms with E-state index in [1.54, 1.807) is 7.11 Å². The van der Waals surface area contributed by atoms with Crippen LogP contribution in [0.25, 0.3) is 0 Å². The van der Waals surface area contributed by atoms with Crippen LogP contribution < -0.4 is 14.8 Å². The molecule has 6 heteroatoms. The highest BCUT2D eigenvalue weighted by atomic mass is 79.9. The minimum atomic E-state index is 0.271. The van der Waals surface area contributed by atoms with Crippen LogP contribution in [-0.2, 0) is 6.61 Å². The van der Waals surface area contributed by atoms with E-state index >= 15 is 0 Å². The second-order valence-electron chi connectivity index (χ2n) is 10.4. The maximum Gasteiger partial charge on any atom is 0.175 e. The molecule has 0 aromatic heterocycles. The van der Waals surface area contributed by atoms with Gasteiger partial charge in [-0.05, 0) is 99.9 Å². The van der Waals surface area contributed by atoms with Crippen LogP contribution in [0.5, 0.6) is 11.5 Å². The number of ether oxygens (including phenoxy) is 2. The molecule has 4 nitrogen and oxygen atoms in total. The molecule has 40 heavy (non-hydrogen) atoms. The van der Waals surface area contributed by atoms with Gasteiger partial charge in [-0.2, -0.15) is 0 Å². The number of methoxy groups -OCH3 is 1. The van der Waals surface area contributed by atoms with E-state index in [0.29, 0.717) is 35.0 Å². The molecule has 0 saturated carbocycles. The van der Waals surface area contributed by atoms with Gasteiger partial charge in [-0.25, -0.2) is 0 Å². The molecule has 0 saturated heterocycles. The Labute approximate surface area is 248 Å². The van der Waals surface area contributed by atoms with Gasteiger partial charge in [0.25, 0.3) is 0 Å². The molecule has 6 rings (SSSR count). The highest BCUT2D eigenvalue weighted by Crippen LogP contribution is 2.50. The van der Waals surface area contributed by atoms with Crippen molar-refractivity contribution in [2.75, 3.05) is 12.4 Å². The number of aryl methyl sites for hydroxylation is 1. The van der Waals surface area contributed by atoms with Gasteiger partial charge in [0.2, 0.25) is 0 Å². The second kappa shape index (κ2) is 11.5. The molecular formula is C34H30BrClN2O2. The number of benzene rings is 4. The van der Waals surface area contributed by atoms with Crippen LogP contribution in [0.1, 0.15) is 46.2 Å². The second-order valence-corrected chi connectivity index (χ2v) is 11.7. The molecule has 0 radical (unpaired) electrons. The van der Waals surface area contributed by atoms with E-state index < -0.39 is 0 Å². The minimum absolute atomic E-state index is 0.271. The molecule has 202 valence electrons. The van der Waals surface area contributed by atoms with Crippen molar-refractivity contribution in [2.45, 2.75) is 31.9 Å². The number of anilines is 1. The SMILES string of the molecule is COc1cc(C=Nc2ccc([C@@H]3Nc4ccc(C)cc4[C@H]4C=CC[C@@H]43)cc2)cc(Br)c1OCc1cccc(Cl)c1. The first-order valence-corrected chi connectivity index (χ1v) is 14.6. The third-order valence-electron chi connectivity index (χ3n) is 7.66. The van der Waals surface area contributed by atoms with Crippen LogP contribution in [0.4, 0.5) is 11.4 Å². The lowest BCUT2D eigenvalue weighted by molar-refractivity contribution is 0.282. The summed E-state index contributed by atoms with van der Waals surface area (Å²) >= 11 is 9.74. The molecule has 0 unspecified atom stereocenters. The van der Waals surface area contributed by atoms with Crippen molar-refractivity contribution >= 4 is 45.1 Å². The highest BCUT2D eigenvalue weighted by molar-refractivity contribution is 9.10. The molecule has 3 atom stereocenters. The predicted molar refractivity (Wildman–Crippen MR) is 168 cm³/mol. The van der Waals surface area contributed by atoms with Crippen LogP contribution in [0.2, 0.25) is 5.02 Å². The quantitative estimate of drug-likeness (QED) is 0.167. The molecule has 0 amide bonds. The Hall–Kier alpha value is -3.54. The summed E-state index contributed by atoms with van der Waals surface area (Å²) in [5.41, 5.74) is 8.04. The Balaban J connectivity index is 1.17. The smallest absolute Gasteiger partial charge is 0.175 e. The van der Waals surface area contributed by atoms with Crippen molar-refractivity contribution in [3.63, 3.8) is 0 Å². The van der Waals surface area contributed by atoms with Crippen LogP contribution in [0.15, 0.2) is 100 Å². The van der Waals surface area contributed by atoms with Gasteiger partial charge in [0.05, 0.1) is 23.3 Å². The van der Waals surface area contributed by atoms with Crippen molar-refractivity contribution in [1.29, 1.82) is 0 Å². The molecule has 4 aromatic carbocycles. The van der Waals surface area contributed by atoms with E-state index in [-0.39, 0.29) is 6.04 Å². The fraction of sp³-hybridized carbons (Fsp3) is 0.206. The van der Waals surface area contributed by atoms with Crippen molar-refractivity contribution in [2.24, 2.45) is 10.9 Å². The number of nitrogens with zero attached hydrogens (tertiary/aromatic N) is 1. The van der Waals surface area contributed by atoms with Gasteiger partial charge in [0.1, 0.15) is 6.61 Å². The van der Waals surface area contributed by atoms with E-state index in [0.717, 1.165) is 27.7 Å². The molecule has 0 spiro atoms. The third-order valence-corrected chi connectivity index (χ3v) is 8.48. The fourth-order valence-electron chi connectivity index (χ4n) is 5.70. The van der Waals surface area contributed by atoms with Gasteiger partial charge < -0.3 is 14.8 Å². The van der Waals surface area contributed by atoms with Crippen molar-refractivity contribution in [1.82, 2.24) is 0 Å². The monoisotopic (exact) mass is 612 g/mol. The van der Waals surface area contributed by atoms with Crippen LogP contribution in [0, 0.1) is 12.8 Å². The standard InChI is InChI=1S/C34H30BrClN2O2/c1-21-9-14-31-29(15-21)27-7-4-8-28(27)33(38-31)24-10-12-26(13-11-24)37-19-23-17-30(35)34(32(18-23)39-2)40-20-22-5-3-6-25(36)16-22/h3-7,9-19,27-28,33,38H,8,20H2,1-2H3/t27-,28-,33-/m0/s1. The Bertz CT molecular complexity index is 1600. The Morgan fingerprint density at radius 3 is 2.70 bits per heavy atom. The number of aliphatic imine (C=N–C) groups is 1. The van der Waals surface area contributed by atoms with E-state index in [4.69, 9.17) is 26.1 Å². The molecule has 0 fully saturated rings. The van der Waals surface area contributed by atoms with E-state index in [1.165, 1.54) is 22.4 Å². The molecular weight excluding hydrogens is 584 g/mol. The van der Waals surface area contributed by atoms with Gasteiger partial charge in [-0.1, -0.05) is 65.7 Å².